The lowest BCUT2D eigenvalue weighted by Gasteiger charge is -2.43. The Labute approximate surface area is 338 Å². The molecular formula is C44H53N5O9. The van der Waals surface area contributed by atoms with Crippen molar-refractivity contribution in [3.63, 3.8) is 0 Å². The summed E-state index contributed by atoms with van der Waals surface area (Å²) in [5.74, 6) is 1.66. The van der Waals surface area contributed by atoms with Gasteiger partial charge in [-0.2, -0.15) is 0 Å². The number of benzene rings is 3. The SMILES string of the molecule is O=Nc1ccc(CCCOCCOCCC(=O)CCCOc2cccc([C@H](c3ccccc3)C3CCN(C(=O)N4CC[C@@H]5OCC(=O)C[C@@H]5C4)CC3)c2)c2nonc12. The summed E-state index contributed by atoms with van der Waals surface area (Å²) in [5.41, 5.74) is 4.46. The van der Waals surface area contributed by atoms with Gasteiger partial charge in [-0.1, -0.05) is 48.5 Å². The first-order chi connectivity index (χ1) is 28.5. The molecule has 308 valence electrons. The number of ketones is 2. The smallest absolute Gasteiger partial charge is 0.320 e. The Hall–Kier alpha value is -5.05. The molecule has 4 aromatic rings. The average Bonchev–Trinajstić information content (AvgIpc) is 3.76. The first-order valence-corrected chi connectivity index (χ1v) is 20.7. The molecule has 0 radical (unpaired) electrons. The van der Waals surface area contributed by atoms with Crippen LogP contribution in [-0.4, -0.2) is 110 Å². The summed E-state index contributed by atoms with van der Waals surface area (Å²) in [7, 11) is 0. The number of fused-ring (bicyclic) bond motifs is 2. The highest BCUT2D eigenvalue weighted by atomic mass is 16.6. The number of nitrogens with zero attached hydrogens (tertiary/aromatic N) is 5. The number of hydrogen-bond donors (Lipinski definition) is 0. The number of aryl methyl sites for hydroxylation is 1. The van der Waals surface area contributed by atoms with Crippen LogP contribution in [0.5, 0.6) is 5.75 Å². The van der Waals surface area contributed by atoms with Crippen LogP contribution in [0.4, 0.5) is 10.5 Å². The second-order valence-electron chi connectivity index (χ2n) is 15.5. The normalized spacial score (nSPS) is 19.2. The molecule has 7 rings (SSSR count). The Morgan fingerprint density at radius 3 is 2.41 bits per heavy atom. The maximum Gasteiger partial charge on any atom is 0.320 e. The predicted octanol–water partition coefficient (Wildman–Crippen LogP) is 7.05. The molecule has 1 aromatic heterocycles. The molecule has 4 heterocycles. The molecule has 3 saturated heterocycles. The summed E-state index contributed by atoms with van der Waals surface area (Å²) in [4.78, 5) is 52.9. The molecule has 0 saturated carbocycles. The van der Waals surface area contributed by atoms with E-state index in [4.69, 9.17) is 23.6 Å². The van der Waals surface area contributed by atoms with E-state index in [1.807, 2.05) is 28.0 Å². The molecule has 3 aromatic carbocycles. The monoisotopic (exact) mass is 795 g/mol. The molecular weight excluding hydrogens is 743 g/mol. The lowest BCUT2D eigenvalue weighted by molar-refractivity contribution is -0.140. The number of amides is 2. The van der Waals surface area contributed by atoms with Crippen LogP contribution >= 0.6 is 0 Å². The molecule has 58 heavy (non-hydrogen) atoms. The third-order valence-electron chi connectivity index (χ3n) is 11.6. The number of urea groups is 1. The van der Waals surface area contributed by atoms with Gasteiger partial charge >= 0.3 is 6.03 Å². The van der Waals surface area contributed by atoms with Crippen molar-refractivity contribution in [2.24, 2.45) is 17.0 Å². The van der Waals surface area contributed by atoms with Crippen molar-refractivity contribution in [1.29, 1.82) is 0 Å². The number of rotatable bonds is 19. The van der Waals surface area contributed by atoms with Gasteiger partial charge in [0.15, 0.2) is 11.3 Å². The highest BCUT2D eigenvalue weighted by molar-refractivity contribution is 5.87. The van der Waals surface area contributed by atoms with Crippen LogP contribution in [0.3, 0.4) is 0 Å². The van der Waals surface area contributed by atoms with Crippen molar-refractivity contribution in [2.75, 3.05) is 65.8 Å². The Morgan fingerprint density at radius 2 is 1.59 bits per heavy atom. The van der Waals surface area contributed by atoms with Gasteiger partial charge in [-0.3, -0.25) is 9.59 Å². The molecule has 0 N–H and O–H groups in total. The Bertz CT molecular complexity index is 1980. The van der Waals surface area contributed by atoms with Gasteiger partial charge < -0.3 is 28.7 Å². The van der Waals surface area contributed by atoms with E-state index in [2.05, 4.69) is 51.9 Å². The average molecular weight is 796 g/mol. The number of Topliss-reactive ketones (excluding diaryl/α,β-unsaturated/α-hetero) is 2. The van der Waals surface area contributed by atoms with E-state index in [1.54, 1.807) is 12.1 Å². The number of piperidine rings is 2. The lowest BCUT2D eigenvalue weighted by Crippen LogP contribution is -2.54. The quantitative estimate of drug-likeness (QED) is 0.0706. The van der Waals surface area contributed by atoms with Gasteiger partial charge in [0.25, 0.3) is 0 Å². The fraction of sp³-hybridized carbons (Fsp3) is 0.523. The number of ether oxygens (including phenoxy) is 4. The zero-order valence-electron chi connectivity index (χ0n) is 33.0. The van der Waals surface area contributed by atoms with Crippen molar-refractivity contribution >= 4 is 34.3 Å². The van der Waals surface area contributed by atoms with E-state index in [0.29, 0.717) is 108 Å². The molecule has 0 bridgehead atoms. The van der Waals surface area contributed by atoms with Crippen LogP contribution in [0.15, 0.2) is 76.5 Å². The third-order valence-corrected chi connectivity index (χ3v) is 11.6. The minimum atomic E-state index is 0.0778. The fourth-order valence-corrected chi connectivity index (χ4v) is 8.61. The number of aromatic nitrogens is 2. The van der Waals surface area contributed by atoms with Crippen molar-refractivity contribution in [1.82, 2.24) is 20.1 Å². The third kappa shape index (κ3) is 10.7. The van der Waals surface area contributed by atoms with Crippen LogP contribution < -0.4 is 4.74 Å². The zero-order chi connectivity index (χ0) is 40.1. The number of carbonyl (C=O) groups is 3. The van der Waals surface area contributed by atoms with Gasteiger partial charge in [0.2, 0.25) is 0 Å². The van der Waals surface area contributed by atoms with E-state index in [1.165, 1.54) is 11.1 Å². The van der Waals surface area contributed by atoms with Gasteiger partial charge in [-0.15, -0.1) is 4.91 Å². The number of hydrogen-bond acceptors (Lipinski definition) is 12. The van der Waals surface area contributed by atoms with Gasteiger partial charge in [0.05, 0.1) is 32.5 Å². The topological polar surface area (TPSA) is 163 Å². The second kappa shape index (κ2) is 20.6. The van der Waals surface area contributed by atoms with Crippen molar-refractivity contribution in [3.8, 4) is 5.75 Å². The molecule has 14 heteroatoms. The molecule has 3 fully saturated rings. The molecule has 0 spiro atoms. The van der Waals surface area contributed by atoms with Crippen molar-refractivity contribution in [3.05, 3.63) is 88.3 Å². The number of nitroso groups, excluding NO2 is 1. The molecule has 14 nitrogen and oxygen atoms in total. The molecule has 0 aliphatic carbocycles. The van der Waals surface area contributed by atoms with Gasteiger partial charge in [0, 0.05) is 63.9 Å². The number of likely N-dealkylation sites (tertiary alicyclic amines) is 2. The van der Waals surface area contributed by atoms with E-state index in [0.717, 1.165) is 37.0 Å². The van der Waals surface area contributed by atoms with E-state index in [-0.39, 0.29) is 47.8 Å². The van der Waals surface area contributed by atoms with E-state index < -0.39 is 0 Å². The van der Waals surface area contributed by atoms with Crippen LogP contribution in [0.1, 0.15) is 74.0 Å². The highest BCUT2D eigenvalue weighted by Crippen LogP contribution is 2.39. The van der Waals surface area contributed by atoms with Gasteiger partial charge in [0.1, 0.15) is 29.3 Å². The summed E-state index contributed by atoms with van der Waals surface area (Å²) < 4.78 is 28.0. The van der Waals surface area contributed by atoms with Gasteiger partial charge in [-0.25, -0.2) is 9.42 Å². The Morgan fingerprint density at radius 1 is 0.810 bits per heavy atom. The summed E-state index contributed by atoms with van der Waals surface area (Å²) in [6, 6.07) is 22.4. The van der Waals surface area contributed by atoms with Crippen LogP contribution in [0.2, 0.25) is 0 Å². The second-order valence-corrected chi connectivity index (χ2v) is 15.5. The summed E-state index contributed by atoms with van der Waals surface area (Å²) in [6.45, 7) is 5.02. The Balaban J connectivity index is 0.793. The maximum atomic E-state index is 13.6. The molecule has 2 amide bonds. The molecule has 0 unspecified atom stereocenters. The molecule has 3 aliphatic heterocycles. The predicted molar refractivity (Wildman–Crippen MR) is 215 cm³/mol. The minimum Gasteiger partial charge on any atom is -0.494 e. The largest absolute Gasteiger partial charge is 0.494 e. The van der Waals surface area contributed by atoms with Crippen molar-refractivity contribution in [2.45, 2.75) is 69.8 Å². The first-order valence-electron chi connectivity index (χ1n) is 20.7. The summed E-state index contributed by atoms with van der Waals surface area (Å²) >= 11 is 0. The summed E-state index contributed by atoms with van der Waals surface area (Å²) in [6.07, 6.45) is 5.99. The van der Waals surface area contributed by atoms with E-state index in [9.17, 15) is 19.3 Å². The first kappa shape index (κ1) is 41.1. The highest BCUT2D eigenvalue weighted by Gasteiger charge is 2.39. The molecule has 3 atom stereocenters. The van der Waals surface area contributed by atoms with Crippen LogP contribution in [0, 0.1) is 16.7 Å². The lowest BCUT2D eigenvalue weighted by atomic mass is 9.76. The minimum absolute atomic E-state index is 0.0778. The number of carbonyl (C=O) groups excluding carboxylic acids is 3. The maximum absolute atomic E-state index is 13.6. The van der Waals surface area contributed by atoms with E-state index >= 15 is 0 Å². The molecule has 3 aliphatic rings. The van der Waals surface area contributed by atoms with Gasteiger partial charge in [-0.05, 0) is 94.8 Å². The zero-order valence-corrected chi connectivity index (χ0v) is 33.0. The fourth-order valence-electron chi connectivity index (χ4n) is 8.61. The standard InChI is InChI=1S/C44H53N5O9/c50-36(18-24-55-26-25-54-22-5-10-33-13-14-39(45-53)43-42(33)46-58-47-43)11-6-23-56-38-12-4-9-34(28-38)41(31-7-2-1-3-8-31)32-15-19-48(20-16-32)44(52)49-21-17-40-35(29-49)27-37(51)30-57-40/h1-4,7-9,12-14,28,32,35,40-41H,5-6,10-11,15-27,29-30H2/t35-,40+,41-/m1/s1. The Kier molecular flexibility index (Phi) is 14.6. The van der Waals surface area contributed by atoms with Crippen LogP contribution in [0.25, 0.3) is 11.0 Å². The van der Waals surface area contributed by atoms with Crippen molar-refractivity contribution < 1.29 is 38.0 Å². The summed E-state index contributed by atoms with van der Waals surface area (Å²) in [5, 5.41) is 10.6. The van der Waals surface area contributed by atoms with Crippen LogP contribution in [-0.2, 0) is 30.2 Å².